The van der Waals surface area contributed by atoms with E-state index in [0.29, 0.717) is 23.2 Å². The van der Waals surface area contributed by atoms with Crippen molar-refractivity contribution in [2.24, 2.45) is 0 Å². The van der Waals surface area contributed by atoms with Crippen LogP contribution < -0.4 is 5.32 Å². The number of carbonyl (C=O) groups excluding carboxylic acids is 3. The second-order valence-electron chi connectivity index (χ2n) is 6.02. The largest absolute Gasteiger partial charge is 0.448 e. The molecule has 6 nitrogen and oxygen atoms in total. The van der Waals surface area contributed by atoms with Gasteiger partial charge in [0.05, 0.1) is 5.56 Å². The molecule has 1 heterocycles. The molecule has 3 rings (SSSR count). The van der Waals surface area contributed by atoms with Gasteiger partial charge in [0.15, 0.2) is 6.10 Å². The van der Waals surface area contributed by atoms with E-state index >= 15 is 0 Å². The van der Waals surface area contributed by atoms with Crippen molar-refractivity contribution >= 4 is 23.5 Å². The number of nitrogens with one attached hydrogen (secondary N) is 1. The molecule has 128 valence electrons. The van der Waals surface area contributed by atoms with Crippen molar-refractivity contribution in [3.8, 4) is 0 Å². The molecular formula is C19H18N2O4. The van der Waals surface area contributed by atoms with Crippen LogP contribution in [0, 0.1) is 0 Å². The number of amides is 2. The van der Waals surface area contributed by atoms with Gasteiger partial charge in [0, 0.05) is 31.8 Å². The van der Waals surface area contributed by atoms with E-state index in [2.05, 4.69) is 5.32 Å². The van der Waals surface area contributed by atoms with Crippen molar-refractivity contribution in [3.05, 3.63) is 65.2 Å². The first-order chi connectivity index (χ1) is 12.0. The molecule has 0 spiro atoms. The van der Waals surface area contributed by atoms with Gasteiger partial charge in [-0.2, -0.15) is 0 Å². The van der Waals surface area contributed by atoms with Crippen molar-refractivity contribution in [1.82, 2.24) is 4.90 Å². The van der Waals surface area contributed by atoms with Crippen LogP contribution in [0.15, 0.2) is 48.5 Å². The van der Waals surface area contributed by atoms with Crippen LogP contribution >= 0.6 is 0 Å². The van der Waals surface area contributed by atoms with E-state index in [4.69, 9.17) is 4.74 Å². The summed E-state index contributed by atoms with van der Waals surface area (Å²) in [5.74, 6) is -1.00. The second kappa shape index (κ2) is 6.76. The van der Waals surface area contributed by atoms with E-state index in [0.717, 1.165) is 5.56 Å². The Morgan fingerprint density at radius 2 is 1.76 bits per heavy atom. The minimum atomic E-state index is -0.870. The van der Waals surface area contributed by atoms with Gasteiger partial charge in [0.2, 0.25) is 0 Å². The molecule has 0 saturated heterocycles. The third-order valence-corrected chi connectivity index (χ3v) is 3.99. The number of hydrogen-bond donors (Lipinski definition) is 1. The lowest BCUT2D eigenvalue weighted by Gasteiger charge is -2.23. The van der Waals surface area contributed by atoms with Crippen LogP contribution in [0.4, 0.5) is 5.69 Å². The summed E-state index contributed by atoms with van der Waals surface area (Å²) >= 11 is 0. The summed E-state index contributed by atoms with van der Waals surface area (Å²) in [6, 6.07) is 13.7. The number of fused-ring (bicyclic) bond motifs is 1. The topological polar surface area (TPSA) is 75.7 Å². The van der Waals surface area contributed by atoms with Gasteiger partial charge in [0.1, 0.15) is 0 Å². The number of esters is 1. The van der Waals surface area contributed by atoms with Gasteiger partial charge in [-0.05, 0) is 35.9 Å². The predicted octanol–water partition coefficient (Wildman–Crippen LogP) is 2.11. The molecule has 2 amide bonds. The molecule has 0 fully saturated rings. The van der Waals surface area contributed by atoms with E-state index in [1.807, 2.05) is 12.1 Å². The molecule has 6 heteroatoms. The van der Waals surface area contributed by atoms with E-state index in [1.165, 1.54) is 4.90 Å². The highest BCUT2D eigenvalue weighted by atomic mass is 16.5. The fourth-order valence-corrected chi connectivity index (χ4v) is 2.65. The molecular weight excluding hydrogens is 320 g/mol. The fraction of sp³-hybridized carbons (Fsp3) is 0.211. The number of rotatable bonds is 3. The molecule has 1 aliphatic heterocycles. The number of benzene rings is 2. The zero-order valence-corrected chi connectivity index (χ0v) is 14.0. The lowest BCUT2D eigenvalue weighted by molar-refractivity contribution is -0.125. The van der Waals surface area contributed by atoms with Crippen molar-refractivity contribution in [3.63, 3.8) is 0 Å². The van der Waals surface area contributed by atoms with Gasteiger partial charge in [-0.3, -0.25) is 9.59 Å². The summed E-state index contributed by atoms with van der Waals surface area (Å²) in [6.45, 7) is 0. The summed E-state index contributed by atoms with van der Waals surface area (Å²) in [5, 5.41) is 2.72. The molecule has 1 aliphatic rings. The van der Waals surface area contributed by atoms with Gasteiger partial charge in [-0.15, -0.1) is 0 Å². The quantitative estimate of drug-likeness (QED) is 0.870. The molecule has 0 bridgehead atoms. The number of cyclic esters (lactones) is 1. The van der Waals surface area contributed by atoms with Gasteiger partial charge in [0.25, 0.3) is 11.8 Å². The van der Waals surface area contributed by atoms with E-state index in [9.17, 15) is 14.4 Å². The summed E-state index contributed by atoms with van der Waals surface area (Å²) in [7, 11) is 3.35. The smallest absolute Gasteiger partial charge is 0.339 e. The molecule has 0 aliphatic carbocycles. The fourth-order valence-electron chi connectivity index (χ4n) is 2.65. The SMILES string of the molecule is CN(C)C(=O)c1ccc(NC(=O)[C@@H]2Cc3ccccc3C(=O)O2)cc1. The minimum absolute atomic E-state index is 0.115. The van der Waals surface area contributed by atoms with Gasteiger partial charge in [-0.25, -0.2) is 4.79 Å². The van der Waals surface area contributed by atoms with Crippen molar-refractivity contribution in [2.45, 2.75) is 12.5 Å². The number of ether oxygens (including phenoxy) is 1. The second-order valence-corrected chi connectivity index (χ2v) is 6.02. The van der Waals surface area contributed by atoms with Crippen LogP contribution in [0.1, 0.15) is 26.3 Å². The lowest BCUT2D eigenvalue weighted by Crippen LogP contribution is -2.37. The highest BCUT2D eigenvalue weighted by Crippen LogP contribution is 2.21. The monoisotopic (exact) mass is 338 g/mol. The first-order valence-corrected chi connectivity index (χ1v) is 7.87. The standard InChI is InChI=1S/C19H18N2O4/c1-21(2)18(23)12-7-9-14(10-8-12)20-17(22)16-11-13-5-3-4-6-15(13)19(24)25-16/h3-10,16H,11H2,1-2H3,(H,20,22)/t16-/m0/s1. The number of anilines is 1. The molecule has 2 aromatic carbocycles. The Morgan fingerprint density at radius 1 is 1.08 bits per heavy atom. The van der Waals surface area contributed by atoms with Crippen LogP contribution in [-0.4, -0.2) is 42.9 Å². The van der Waals surface area contributed by atoms with Gasteiger partial charge >= 0.3 is 5.97 Å². The number of carbonyl (C=O) groups is 3. The zero-order valence-electron chi connectivity index (χ0n) is 14.0. The van der Waals surface area contributed by atoms with Crippen molar-refractivity contribution in [1.29, 1.82) is 0 Å². The maximum absolute atomic E-state index is 12.4. The Labute approximate surface area is 145 Å². The molecule has 2 aromatic rings. The van der Waals surface area contributed by atoms with Crippen LogP contribution in [0.3, 0.4) is 0 Å². The zero-order chi connectivity index (χ0) is 18.0. The maximum atomic E-state index is 12.4. The Bertz CT molecular complexity index is 828. The molecule has 0 radical (unpaired) electrons. The van der Waals surface area contributed by atoms with Crippen LogP contribution in [0.2, 0.25) is 0 Å². The summed E-state index contributed by atoms with van der Waals surface area (Å²) in [6.07, 6.45) is -0.532. The minimum Gasteiger partial charge on any atom is -0.448 e. The number of nitrogens with zero attached hydrogens (tertiary/aromatic N) is 1. The third-order valence-electron chi connectivity index (χ3n) is 3.99. The first kappa shape index (κ1) is 16.7. The Balaban J connectivity index is 1.69. The normalized spacial score (nSPS) is 15.8. The molecule has 1 atom stereocenters. The van der Waals surface area contributed by atoms with Crippen molar-refractivity contribution < 1.29 is 19.1 Å². The Hall–Kier alpha value is -3.15. The molecule has 1 N–H and O–H groups in total. The Kier molecular flexibility index (Phi) is 4.52. The average Bonchev–Trinajstić information content (AvgIpc) is 2.61. The molecule has 0 aromatic heterocycles. The van der Waals surface area contributed by atoms with Gasteiger partial charge in [-0.1, -0.05) is 18.2 Å². The highest BCUT2D eigenvalue weighted by molar-refractivity contribution is 6.00. The maximum Gasteiger partial charge on any atom is 0.339 e. The van der Waals surface area contributed by atoms with Gasteiger partial charge < -0.3 is 15.0 Å². The predicted molar refractivity (Wildman–Crippen MR) is 92.4 cm³/mol. The van der Waals surface area contributed by atoms with Crippen LogP contribution in [0.5, 0.6) is 0 Å². The average molecular weight is 338 g/mol. The number of hydrogen-bond acceptors (Lipinski definition) is 4. The van der Waals surface area contributed by atoms with E-state index < -0.39 is 18.0 Å². The third kappa shape index (κ3) is 3.52. The summed E-state index contributed by atoms with van der Waals surface area (Å²) < 4.78 is 5.23. The summed E-state index contributed by atoms with van der Waals surface area (Å²) in [4.78, 5) is 37.7. The van der Waals surface area contributed by atoms with E-state index in [-0.39, 0.29) is 5.91 Å². The highest BCUT2D eigenvalue weighted by Gasteiger charge is 2.31. The first-order valence-electron chi connectivity index (χ1n) is 7.87. The van der Waals surface area contributed by atoms with Crippen LogP contribution in [0.25, 0.3) is 0 Å². The molecule has 0 saturated carbocycles. The van der Waals surface area contributed by atoms with Crippen molar-refractivity contribution in [2.75, 3.05) is 19.4 Å². The summed E-state index contributed by atoms with van der Waals surface area (Å²) in [5.41, 5.74) is 2.36. The molecule has 25 heavy (non-hydrogen) atoms. The molecule has 0 unspecified atom stereocenters. The van der Waals surface area contributed by atoms with Crippen LogP contribution in [-0.2, 0) is 16.0 Å². The Morgan fingerprint density at radius 3 is 2.44 bits per heavy atom. The van der Waals surface area contributed by atoms with E-state index in [1.54, 1.807) is 50.5 Å². The lowest BCUT2D eigenvalue weighted by atomic mass is 9.98.